The molecule has 0 N–H and O–H groups in total. The van der Waals surface area contributed by atoms with Crippen LogP contribution in [-0.2, 0) is 19.1 Å². The van der Waals surface area contributed by atoms with E-state index in [9.17, 15) is 9.59 Å². The first-order chi connectivity index (χ1) is 9.59. The highest BCUT2D eigenvalue weighted by Gasteiger charge is 2.45. The summed E-state index contributed by atoms with van der Waals surface area (Å²) in [4.78, 5) is 24.3. The van der Waals surface area contributed by atoms with Crippen LogP contribution in [0.25, 0.3) is 0 Å². The lowest BCUT2D eigenvalue weighted by Gasteiger charge is -2.37. The second kappa shape index (κ2) is 6.63. The minimum Gasteiger partial charge on any atom is -0.469 e. The smallest absolute Gasteiger partial charge is 0.312 e. The molecule has 1 aliphatic carbocycles. The fraction of sp³-hybridized carbons (Fsp3) is 0.765. The van der Waals surface area contributed by atoms with Gasteiger partial charge in [-0.2, -0.15) is 0 Å². The molecule has 4 nitrogen and oxygen atoms in total. The Morgan fingerprint density at radius 3 is 2.14 bits per heavy atom. The largest absolute Gasteiger partial charge is 0.469 e. The molecule has 1 rings (SSSR count). The molecule has 0 heterocycles. The molecule has 0 atom stereocenters. The van der Waals surface area contributed by atoms with Gasteiger partial charge in [0, 0.05) is 0 Å². The maximum absolute atomic E-state index is 12.2. The fourth-order valence-corrected chi connectivity index (χ4v) is 2.99. The molecule has 1 saturated carbocycles. The molecule has 21 heavy (non-hydrogen) atoms. The average Bonchev–Trinajstić information content (AvgIpc) is 2.35. The van der Waals surface area contributed by atoms with Crippen molar-refractivity contribution in [1.29, 1.82) is 0 Å². The van der Waals surface area contributed by atoms with Crippen LogP contribution in [0.1, 0.15) is 59.8 Å². The van der Waals surface area contributed by atoms with Crippen molar-refractivity contribution in [2.45, 2.75) is 65.4 Å². The van der Waals surface area contributed by atoms with E-state index in [-0.39, 0.29) is 18.4 Å². The zero-order valence-corrected chi connectivity index (χ0v) is 14.0. The molecule has 1 aliphatic rings. The highest BCUT2D eigenvalue weighted by atomic mass is 16.6. The van der Waals surface area contributed by atoms with Crippen LogP contribution in [0.4, 0.5) is 0 Å². The predicted molar refractivity (Wildman–Crippen MR) is 81.7 cm³/mol. The van der Waals surface area contributed by atoms with E-state index in [1.807, 2.05) is 27.7 Å². The number of carbonyl (C=O) groups is 2. The van der Waals surface area contributed by atoms with Crippen LogP contribution in [-0.4, -0.2) is 24.6 Å². The molecule has 0 saturated heterocycles. The molecule has 120 valence electrons. The molecule has 0 unspecified atom stereocenters. The van der Waals surface area contributed by atoms with Gasteiger partial charge < -0.3 is 9.47 Å². The Bertz CT molecular complexity index is 409. The van der Waals surface area contributed by atoms with Crippen molar-refractivity contribution in [3.63, 3.8) is 0 Å². The van der Waals surface area contributed by atoms with E-state index in [1.165, 1.54) is 7.11 Å². The topological polar surface area (TPSA) is 52.6 Å². The molecule has 0 aliphatic heterocycles. The summed E-state index contributed by atoms with van der Waals surface area (Å²) in [6, 6.07) is 0. The van der Waals surface area contributed by atoms with Gasteiger partial charge in [-0.1, -0.05) is 12.2 Å². The predicted octanol–water partition coefficient (Wildman–Crippen LogP) is 3.64. The lowest BCUT2D eigenvalue weighted by molar-refractivity contribution is -0.168. The quantitative estimate of drug-likeness (QED) is 0.587. The van der Waals surface area contributed by atoms with Crippen LogP contribution < -0.4 is 0 Å². The van der Waals surface area contributed by atoms with Crippen LogP contribution in [0.3, 0.4) is 0 Å². The highest BCUT2D eigenvalue weighted by Crippen LogP contribution is 2.44. The standard InChI is InChI=1S/C17H28O4/c1-12(2)13-7-9-17(10-8-13,15(19)20-6)11-14(18)21-16(3,4)5/h13H,1,7-11H2,2-6H3/t13-,17+. The first-order valence-electron chi connectivity index (χ1n) is 7.55. The Labute approximate surface area is 127 Å². The zero-order chi connectivity index (χ0) is 16.3. The van der Waals surface area contributed by atoms with Crippen molar-refractivity contribution in [1.82, 2.24) is 0 Å². The third kappa shape index (κ3) is 4.87. The molecular weight excluding hydrogens is 268 g/mol. The van der Waals surface area contributed by atoms with Gasteiger partial charge in [0.25, 0.3) is 0 Å². The van der Waals surface area contributed by atoms with E-state index in [0.717, 1.165) is 18.4 Å². The van der Waals surface area contributed by atoms with Gasteiger partial charge in [-0.3, -0.25) is 9.59 Å². The van der Waals surface area contributed by atoms with E-state index >= 15 is 0 Å². The van der Waals surface area contributed by atoms with Crippen molar-refractivity contribution >= 4 is 11.9 Å². The van der Waals surface area contributed by atoms with E-state index in [4.69, 9.17) is 9.47 Å². The second-order valence-corrected chi connectivity index (χ2v) is 7.16. The van der Waals surface area contributed by atoms with Gasteiger partial charge >= 0.3 is 11.9 Å². The van der Waals surface area contributed by atoms with Crippen molar-refractivity contribution in [3.05, 3.63) is 12.2 Å². The van der Waals surface area contributed by atoms with Gasteiger partial charge in [-0.05, 0) is 59.3 Å². The average molecular weight is 296 g/mol. The SMILES string of the molecule is C=C(C)[C@H]1CC[C@@](CC(=O)OC(C)(C)C)(C(=O)OC)CC1. The Morgan fingerprint density at radius 2 is 1.76 bits per heavy atom. The van der Waals surface area contributed by atoms with E-state index in [2.05, 4.69) is 6.58 Å². The first-order valence-corrected chi connectivity index (χ1v) is 7.55. The first kappa shape index (κ1) is 17.7. The number of ether oxygens (including phenoxy) is 2. The molecule has 0 radical (unpaired) electrons. The van der Waals surface area contributed by atoms with E-state index < -0.39 is 11.0 Å². The van der Waals surface area contributed by atoms with Crippen LogP contribution in [0.5, 0.6) is 0 Å². The number of esters is 2. The Morgan fingerprint density at radius 1 is 1.24 bits per heavy atom. The minimum absolute atomic E-state index is 0.0971. The highest BCUT2D eigenvalue weighted by molar-refractivity contribution is 5.83. The van der Waals surface area contributed by atoms with E-state index in [0.29, 0.717) is 18.8 Å². The maximum Gasteiger partial charge on any atom is 0.312 e. The molecule has 4 heteroatoms. The fourth-order valence-electron chi connectivity index (χ4n) is 2.99. The summed E-state index contributed by atoms with van der Waals surface area (Å²) in [5, 5.41) is 0. The van der Waals surface area contributed by atoms with Gasteiger partial charge in [-0.15, -0.1) is 0 Å². The van der Waals surface area contributed by atoms with Crippen molar-refractivity contribution < 1.29 is 19.1 Å². The van der Waals surface area contributed by atoms with Gasteiger partial charge in [0.05, 0.1) is 18.9 Å². The zero-order valence-electron chi connectivity index (χ0n) is 14.0. The van der Waals surface area contributed by atoms with Crippen LogP contribution >= 0.6 is 0 Å². The summed E-state index contributed by atoms with van der Waals surface area (Å²) in [7, 11) is 1.38. The van der Waals surface area contributed by atoms with Crippen LogP contribution in [0.15, 0.2) is 12.2 Å². The maximum atomic E-state index is 12.2. The molecule has 1 fully saturated rings. The molecule has 0 amide bonds. The number of hydrogen-bond acceptors (Lipinski definition) is 4. The van der Waals surface area contributed by atoms with Crippen molar-refractivity contribution in [3.8, 4) is 0 Å². The van der Waals surface area contributed by atoms with Crippen LogP contribution in [0.2, 0.25) is 0 Å². The lowest BCUT2D eigenvalue weighted by Crippen LogP contribution is -2.40. The van der Waals surface area contributed by atoms with Gasteiger partial charge in [0.15, 0.2) is 0 Å². The van der Waals surface area contributed by atoms with Gasteiger partial charge in [-0.25, -0.2) is 0 Å². The second-order valence-electron chi connectivity index (χ2n) is 7.16. The summed E-state index contributed by atoms with van der Waals surface area (Å²) in [6.45, 7) is 11.5. The summed E-state index contributed by atoms with van der Waals surface area (Å²) >= 11 is 0. The molecule has 0 aromatic heterocycles. The Kier molecular flexibility index (Phi) is 5.60. The normalized spacial score (nSPS) is 26.0. The third-order valence-electron chi connectivity index (χ3n) is 4.16. The summed E-state index contributed by atoms with van der Waals surface area (Å²) in [5.41, 5.74) is -0.127. The Balaban J connectivity index is 2.80. The van der Waals surface area contributed by atoms with E-state index in [1.54, 1.807) is 0 Å². The molecular formula is C17H28O4. The van der Waals surface area contributed by atoms with Crippen molar-refractivity contribution in [2.75, 3.05) is 7.11 Å². The van der Waals surface area contributed by atoms with Crippen molar-refractivity contribution in [2.24, 2.45) is 11.3 Å². The van der Waals surface area contributed by atoms with Crippen LogP contribution in [0, 0.1) is 11.3 Å². The van der Waals surface area contributed by atoms with Gasteiger partial charge in [0.1, 0.15) is 5.60 Å². The Hall–Kier alpha value is -1.32. The minimum atomic E-state index is -0.733. The number of rotatable bonds is 4. The number of carbonyl (C=O) groups excluding carboxylic acids is 2. The summed E-state index contributed by atoms with van der Waals surface area (Å²) in [6.07, 6.45) is 3.13. The number of hydrogen-bond donors (Lipinski definition) is 0. The number of allylic oxidation sites excluding steroid dienone is 1. The third-order valence-corrected chi connectivity index (χ3v) is 4.16. The summed E-state index contributed by atoms with van der Waals surface area (Å²) < 4.78 is 10.3. The lowest BCUT2D eigenvalue weighted by atomic mass is 9.67. The molecule has 0 spiro atoms. The monoisotopic (exact) mass is 296 g/mol. The number of methoxy groups -OCH3 is 1. The molecule has 0 aromatic carbocycles. The molecule has 0 bridgehead atoms. The van der Waals surface area contributed by atoms with Gasteiger partial charge in [0.2, 0.25) is 0 Å². The summed E-state index contributed by atoms with van der Waals surface area (Å²) in [5.74, 6) is -0.198. The molecule has 0 aromatic rings.